The Hall–Kier alpha value is -1.06. The summed E-state index contributed by atoms with van der Waals surface area (Å²) in [5.41, 5.74) is -1.05. The standard InChI is InChI=1S/C11H16O4/c1-15-9(14)11-5-2-10(3-6-11,4-7-11)8(12)13/h2-7H2,1H3,(H,12,13)/p-1. The first-order valence-electron chi connectivity index (χ1n) is 5.35. The summed E-state index contributed by atoms with van der Waals surface area (Å²) in [6.07, 6.45) is 3.58. The second kappa shape index (κ2) is 3.22. The van der Waals surface area contributed by atoms with E-state index < -0.39 is 16.8 Å². The Morgan fingerprint density at radius 3 is 1.73 bits per heavy atom. The maximum absolute atomic E-state index is 11.6. The second-order valence-electron chi connectivity index (χ2n) is 4.84. The number of hydrogen-bond donors (Lipinski definition) is 0. The topological polar surface area (TPSA) is 66.4 Å². The summed E-state index contributed by atoms with van der Waals surface area (Å²) in [5, 5.41) is 11.0. The smallest absolute Gasteiger partial charge is 0.311 e. The van der Waals surface area contributed by atoms with Crippen LogP contribution in [-0.2, 0) is 14.3 Å². The highest BCUT2D eigenvalue weighted by molar-refractivity contribution is 5.80. The molecule has 4 heteroatoms. The number of aliphatic carboxylic acids is 1. The molecule has 0 aliphatic heterocycles. The van der Waals surface area contributed by atoms with E-state index in [2.05, 4.69) is 0 Å². The Morgan fingerprint density at radius 1 is 1.00 bits per heavy atom. The highest BCUT2D eigenvalue weighted by Gasteiger charge is 2.53. The summed E-state index contributed by atoms with van der Waals surface area (Å²) >= 11 is 0. The van der Waals surface area contributed by atoms with E-state index in [-0.39, 0.29) is 5.97 Å². The molecule has 0 saturated heterocycles. The lowest BCUT2D eigenvalue weighted by Gasteiger charge is -2.52. The van der Waals surface area contributed by atoms with Gasteiger partial charge in [0.05, 0.1) is 12.5 Å². The van der Waals surface area contributed by atoms with Crippen LogP contribution in [0.25, 0.3) is 0 Å². The van der Waals surface area contributed by atoms with E-state index in [4.69, 9.17) is 4.74 Å². The van der Waals surface area contributed by atoms with Gasteiger partial charge in [-0.25, -0.2) is 0 Å². The van der Waals surface area contributed by atoms with Crippen molar-refractivity contribution in [3.63, 3.8) is 0 Å². The summed E-state index contributed by atoms with van der Waals surface area (Å²) in [7, 11) is 1.40. The minimum Gasteiger partial charge on any atom is -0.550 e. The number of rotatable bonds is 2. The molecule has 0 atom stereocenters. The molecule has 3 rings (SSSR count). The number of carboxylic acids is 1. The normalized spacial score (nSPS) is 38.7. The van der Waals surface area contributed by atoms with Gasteiger partial charge >= 0.3 is 5.97 Å². The molecular formula is C11H15O4-. The van der Waals surface area contributed by atoms with Gasteiger partial charge in [0.15, 0.2) is 0 Å². The largest absolute Gasteiger partial charge is 0.550 e. The molecule has 2 bridgehead atoms. The minimum absolute atomic E-state index is 0.172. The number of carbonyl (C=O) groups excluding carboxylic acids is 2. The van der Waals surface area contributed by atoms with Gasteiger partial charge in [-0.1, -0.05) is 0 Å². The average molecular weight is 211 g/mol. The first-order chi connectivity index (χ1) is 7.05. The van der Waals surface area contributed by atoms with E-state index in [1.165, 1.54) is 7.11 Å². The van der Waals surface area contributed by atoms with Gasteiger partial charge in [0.25, 0.3) is 0 Å². The lowest BCUT2D eigenvalue weighted by Crippen LogP contribution is -2.53. The van der Waals surface area contributed by atoms with Crippen LogP contribution < -0.4 is 5.11 Å². The van der Waals surface area contributed by atoms with Crippen LogP contribution in [0.2, 0.25) is 0 Å². The molecule has 0 aromatic carbocycles. The highest BCUT2D eigenvalue weighted by Crippen LogP contribution is 2.57. The molecule has 3 fully saturated rings. The van der Waals surface area contributed by atoms with Gasteiger partial charge in [-0.2, -0.15) is 0 Å². The molecule has 0 spiro atoms. The number of carbonyl (C=O) groups is 2. The Morgan fingerprint density at radius 2 is 1.40 bits per heavy atom. The molecule has 0 unspecified atom stereocenters. The van der Waals surface area contributed by atoms with Crippen LogP contribution in [0.15, 0.2) is 0 Å². The Bertz CT molecular complexity index is 283. The van der Waals surface area contributed by atoms with Crippen LogP contribution in [0.4, 0.5) is 0 Å². The van der Waals surface area contributed by atoms with Crippen LogP contribution >= 0.6 is 0 Å². The lowest BCUT2D eigenvalue weighted by molar-refractivity contribution is -0.324. The lowest BCUT2D eigenvalue weighted by atomic mass is 9.54. The summed E-state index contributed by atoms with van der Waals surface area (Å²) in [4.78, 5) is 22.7. The SMILES string of the molecule is COC(=O)C12CCC(C(=O)[O-])(CC1)CC2. The number of fused-ring (bicyclic) bond motifs is 3. The maximum atomic E-state index is 11.6. The fraction of sp³-hybridized carbons (Fsp3) is 0.818. The van der Waals surface area contributed by atoms with E-state index in [1.807, 2.05) is 0 Å². The molecule has 0 radical (unpaired) electrons. The van der Waals surface area contributed by atoms with Gasteiger partial charge in [0.1, 0.15) is 0 Å². The Kier molecular flexibility index (Phi) is 2.24. The number of ether oxygens (including phenoxy) is 1. The van der Waals surface area contributed by atoms with Crippen LogP contribution in [0.3, 0.4) is 0 Å². The zero-order chi connectivity index (χ0) is 11.1. The van der Waals surface area contributed by atoms with Crippen molar-refractivity contribution in [2.45, 2.75) is 38.5 Å². The van der Waals surface area contributed by atoms with Crippen molar-refractivity contribution in [3.05, 3.63) is 0 Å². The fourth-order valence-electron chi connectivity index (χ4n) is 3.01. The third kappa shape index (κ3) is 1.34. The van der Waals surface area contributed by atoms with Crippen molar-refractivity contribution in [3.8, 4) is 0 Å². The van der Waals surface area contributed by atoms with Crippen molar-refractivity contribution >= 4 is 11.9 Å². The van der Waals surface area contributed by atoms with Crippen molar-refractivity contribution < 1.29 is 19.4 Å². The maximum Gasteiger partial charge on any atom is 0.311 e. The first kappa shape index (κ1) is 10.5. The van der Waals surface area contributed by atoms with Crippen molar-refractivity contribution in [1.29, 1.82) is 0 Å². The van der Waals surface area contributed by atoms with E-state index in [0.29, 0.717) is 38.5 Å². The quantitative estimate of drug-likeness (QED) is 0.614. The van der Waals surface area contributed by atoms with Crippen molar-refractivity contribution in [2.75, 3.05) is 7.11 Å². The molecule has 0 amide bonds. The Balaban J connectivity index is 2.17. The van der Waals surface area contributed by atoms with E-state index in [0.717, 1.165) is 0 Å². The third-order valence-corrected chi connectivity index (χ3v) is 4.30. The van der Waals surface area contributed by atoms with Gasteiger partial charge in [-0.15, -0.1) is 0 Å². The van der Waals surface area contributed by atoms with E-state index in [9.17, 15) is 14.7 Å². The molecule has 0 heterocycles. The molecule has 0 aromatic heterocycles. The monoisotopic (exact) mass is 211 g/mol. The van der Waals surface area contributed by atoms with Gasteiger partial charge in [-0.3, -0.25) is 4.79 Å². The molecule has 3 aliphatic carbocycles. The van der Waals surface area contributed by atoms with Crippen LogP contribution in [0.1, 0.15) is 38.5 Å². The molecule has 84 valence electrons. The number of esters is 1. The van der Waals surface area contributed by atoms with Gasteiger partial charge in [0, 0.05) is 11.4 Å². The number of carboxylic acid groups (broad SMARTS) is 1. The fourth-order valence-corrected chi connectivity index (χ4v) is 3.01. The van der Waals surface area contributed by atoms with Gasteiger partial charge in [-0.05, 0) is 38.5 Å². The van der Waals surface area contributed by atoms with Gasteiger partial charge in [0.2, 0.25) is 0 Å². The molecule has 0 aromatic rings. The summed E-state index contributed by atoms with van der Waals surface area (Å²) < 4.78 is 4.80. The minimum atomic E-state index is -0.944. The summed E-state index contributed by atoms with van der Waals surface area (Å²) in [6.45, 7) is 0. The predicted octanol–water partition coefficient (Wildman–Crippen LogP) is 0.250. The average Bonchev–Trinajstić information content (AvgIpc) is 2.30. The molecular weight excluding hydrogens is 196 g/mol. The van der Waals surface area contributed by atoms with Crippen molar-refractivity contribution in [2.24, 2.45) is 10.8 Å². The summed E-state index contributed by atoms with van der Waals surface area (Å²) in [5.74, 6) is -1.12. The number of hydrogen-bond acceptors (Lipinski definition) is 4. The first-order valence-corrected chi connectivity index (χ1v) is 5.35. The molecule has 0 N–H and O–H groups in total. The van der Waals surface area contributed by atoms with Gasteiger partial charge < -0.3 is 14.6 Å². The third-order valence-electron chi connectivity index (χ3n) is 4.30. The zero-order valence-corrected chi connectivity index (χ0v) is 8.88. The second-order valence-corrected chi connectivity index (χ2v) is 4.84. The van der Waals surface area contributed by atoms with E-state index >= 15 is 0 Å². The predicted molar refractivity (Wildman–Crippen MR) is 49.6 cm³/mol. The molecule has 15 heavy (non-hydrogen) atoms. The molecule has 3 saturated carbocycles. The van der Waals surface area contributed by atoms with Crippen LogP contribution in [0.5, 0.6) is 0 Å². The zero-order valence-electron chi connectivity index (χ0n) is 8.88. The highest BCUT2D eigenvalue weighted by atomic mass is 16.5. The number of methoxy groups -OCH3 is 1. The van der Waals surface area contributed by atoms with Crippen LogP contribution in [0, 0.1) is 10.8 Å². The van der Waals surface area contributed by atoms with Crippen LogP contribution in [-0.4, -0.2) is 19.0 Å². The molecule has 3 aliphatic rings. The molecule has 4 nitrogen and oxygen atoms in total. The van der Waals surface area contributed by atoms with E-state index in [1.54, 1.807) is 0 Å². The van der Waals surface area contributed by atoms with Crippen molar-refractivity contribution in [1.82, 2.24) is 0 Å². The Labute approximate surface area is 88.6 Å². The summed E-state index contributed by atoms with van der Waals surface area (Å²) in [6, 6.07) is 0.